The van der Waals surface area contributed by atoms with Crippen LogP contribution in [-0.2, 0) is 9.59 Å². The van der Waals surface area contributed by atoms with Crippen LogP contribution in [0.2, 0.25) is 0 Å². The topological polar surface area (TPSA) is 52.6 Å². The Morgan fingerprint density at radius 3 is 1.59 bits per heavy atom. The Bertz CT molecular complexity index is 656. The second-order valence-corrected chi connectivity index (χ2v) is 6.69. The first-order valence-corrected chi connectivity index (χ1v) is 9.67. The first-order chi connectivity index (χ1) is 13.1. The van der Waals surface area contributed by atoms with E-state index in [9.17, 15) is 9.59 Å². The van der Waals surface area contributed by atoms with Crippen LogP contribution in [0.3, 0.4) is 0 Å². The Morgan fingerprint density at radius 2 is 1.19 bits per heavy atom. The number of hydrogen-bond acceptors (Lipinski definition) is 4. The van der Waals surface area contributed by atoms with Crippen molar-refractivity contribution in [2.75, 3.05) is 0 Å². The summed E-state index contributed by atoms with van der Waals surface area (Å²) in [5.41, 5.74) is -1.30. The molecule has 0 radical (unpaired) electrons. The highest BCUT2D eigenvalue weighted by Gasteiger charge is 2.48. The van der Waals surface area contributed by atoms with Crippen LogP contribution in [0.5, 0.6) is 11.5 Å². The Hall–Kier alpha value is -2.62. The fraction of sp³-hybridized carbons (Fsp3) is 0.391. The molecule has 2 aromatic carbocycles. The fourth-order valence-corrected chi connectivity index (χ4v) is 3.11. The molecular formula is C23H28O4. The molecule has 0 saturated carbocycles. The van der Waals surface area contributed by atoms with Gasteiger partial charge in [-0.3, -0.25) is 9.59 Å². The lowest BCUT2D eigenvalue weighted by atomic mass is 9.78. The van der Waals surface area contributed by atoms with Gasteiger partial charge in [-0.25, -0.2) is 0 Å². The van der Waals surface area contributed by atoms with Gasteiger partial charge >= 0.3 is 11.9 Å². The lowest BCUT2D eigenvalue weighted by Crippen LogP contribution is -2.44. The smallest absolute Gasteiger partial charge is 0.328 e. The first kappa shape index (κ1) is 20.7. The van der Waals surface area contributed by atoms with Crippen molar-refractivity contribution in [2.45, 2.75) is 52.4 Å². The van der Waals surface area contributed by atoms with Gasteiger partial charge in [0.05, 0.1) is 0 Å². The quantitative estimate of drug-likeness (QED) is 0.238. The summed E-state index contributed by atoms with van der Waals surface area (Å²) in [7, 11) is 0. The van der Waals surface area contributed by atoms with Crippen molar-refractivity contribution >= 4 is 11.9 Å². The van der Waals surface area contributed by atoms with Crippen LogP contribution >= 0.6 is 0 Å². The highest BCUT2D eigenvalue weighted by Crippen LogP contribution is 2.35. The number of hydrogen-bond donors (Lipinski definition) is 0. The largest absolute Gasteiger partial charge is 0.426 e. The van der Waals surface area contributed by atoms with Crippen LogP contribution in [0.15, 0.2) is 60.7 Å². The van der Waals surface area contributed by atoms with E-state index >= 15 is 0 Å². The molecule has 0 aliphatic rings. The van der Waals surface area contributed by atoms with Gasteiger partial charge < -0.3 is 9.47 Å². The molecule has 4 heteroatoms. The first-order valence-electron chi connectivity index (χ1n) is 9.67. The molecule has 0 aromatic heterocycles. The number of ether oxygens (including phenoxy) is 2. The maximum atomic E-state index is 13.1. The number of carbonyl (C=O) groups is 2. The van der Waals surface area contributed by atoms with E-state index in [1.165, 1.54) is 0 Å². The van der Waals surface area contributed by atoms with E-state index in [0.29, 0.717) is 30.8 Å². The molecule has 0 atom stereocenters. The Kier molecular flexibility index (Phi) is 8.05. The minimum Gasteiger partial charge on any atom is -0.426 e. The number of carbonyl (C=O) groups excluding carboxylic acids is 2. The Morgan fingerprint density at radius 1 is 0.704 bits per heavy atom. The van der Waals surface area contributed by atoms with Crippen molar-refractivity contribution in [1.29, 1.82) is 0 Å². The molecule has 0 unspecified atom stereocenters. The molecule has 0 heterocycles. The summed E-state index contributed by atoms with van der Waals surface area (Å²) in [5, 5.41) is 0. The summed E-state index contributed by atoms with van der Waals surface area (Å²) in [5.74, 6) is -0.197. The average Bonchev–Trinajstić information content (AvgIpc) is 2.69. The minimum atomic E-state index is -1.30. The molecule has 0 saturated heterocycles. The van der Waals surface area contributed by atoms with E-state index in [1.807, 2.05) is 19.1 Å². The summed E-state index contributed by atoms with van der Waals surface area (Å²) in [6.07, 6.45) is 4.22. The van der Waals surface area contributed by atoms with Crippen LogP contribution in [0.4, 0.5) is 0 Å². The highest BCUT2D eigenvalue weighted by molar-refractivity contribution is 6.01. The van der Waals surface area contributed by atoms with E-state index in [-0.39, 0.29) is 0 Å². The maximum Gasteiger partial charge on any atom is 0.328 e. The van der Waals surface area contributed by atoms with Gasteiger partial charge in [0.25, 0.3) is 0 Å². The van der Waals surface area contributed by atoms with E-state index < -0.39 is 17.4 Å². The van der Waals surface area contributed by atoms with Crippen LogP contribution in [0, 0.1) is 5.41 Å². The molecule has 0 aliphatic heterocycles. The molecular weight excluding hydrogens is 340 g/mol. The van der Waals surface area contributed by atoms with Gasteiger partial charge in [-0.2, -0.15) is 0 Å². The molecule has 2 rings (SSSR count). The predicted molar refractivity (Wildman–Crippen MR) is 106 cm³/mol. The second kappa shape index (κ2) is 10.5. The molecule has 0 spiro atoms. The van der Waals surface area contributed by atoms with Gasteiger partial charge in [0, 0.05) is 0 Å². The SMILES string of the molecule is CCCCCC(CCC)(C(=O)Oc1ccccc1)C(=O)Oc1ccccc1. The van der Waals surface area contributed by atoms with Crippen molar-refractivity contribution in [1.82, 2.24) is 0 Å². The van der Waals surface area contributed by atoms with E-state index in [1.54, 1.807) is 48.5 Å². The van der Waals surface area contributed by atoms with Crippen LogP contribution in [0.25, 0.3) is 0 Å². The van der Waals surface area contributed by atoms with Crippen molar-refractivity contribution in [3.63, 3.8) is 0 Å². The fourth-order valence-electron chi connectivity index (χ4n) is 3.11. The second-order valence-electron chi connectivity index (χ2n) is 6.69. The van der Waals surface area contributed by atoms with Crippen LogP contribution in [0.1, 0.15) is 52.4 Å². The van der Waals surface area contributed by atoms with Gasteiger partial charge in [0.15, 0.2) is 5.41 Å². The number of para-hydroxylation sites is 2. The van der Waals surface area contributed by atoms with Gasteiger partial charge in [-0.05, 0) is 37.1 Å². The lowest BCUT2D eigenvalue weighted by molar-refractivity contribution is -0.162. The maximum absolute atomic E-state index is 13.1. The van der Waals surface area contributed by atoms with Gasteiger partial charge in [0.1, 0.15) is 11.5 Å². The highest BCUT2D eigenvalue weighted by atomic mass is 16.6. The number of rotatable bonds is 10. The lowest BCUT2D eigenvalue weighted by Gasteiger charge is -2.29. The summed E-state index contributed by atoms with van der Waals surface area (Å²) in [6, 6.07) is 17.7. The number of unbranched alkanes of at least 4 members (excludes halogenated alkanes) is 2. The van der Waals surface area contributed by atoms with Crippen molar-refractivity contribution in [3.05, 3.63) is 60.7 Å². The van der Waals surface area contributed by atoms with E-state index in [4.69, 9.17) is 9.47 Å². The molecule has 0 aliphatic carbocycles. The van der Waals surface area contributed by atoms with Crippen LogP contribution < -0.4 is 9.47 Å². The monoisotopic (exact) mass is 368 g/mol. The molecule has 0 bridgehead atoms. The molecule has 0 amide bonds. The molecule has 27 heavy (non-hydrogen) atoms. The van der Waals surface area contributed by atoms with Gasteiger partial charge in [-0.15, -0.1) is 0 Å². The Labute approximate surface area is 161 Å². The zero-order valence-corrected chi connectivity index (χ0v) is 16.1. The van der Waals surface area contributed by atoms with Crippen LogP contribution in [-0.4, -0.2) is 11.9 Å². The molecule has 144 valence electrons. The number of benzene rings is 2. The third-order valence-corrected chi connectivity index (χ3v) is 4.57. The summed E-state index contributed by atoms with van der Waals surface area (Å²) in [4.78, 5) is 26.3. The normalized spacial score (nSPS) is 11.0. The molecule has 0 fully saturated rings. The number of esters is 2. The zero-order valence-electron chi connectivity index (χ0n) is 16.1. The summed E-state index contributed by atoms with van der Waals surface area (Å²) in [6.45, 7) is 4.05. The van der Waals surface area contributed by atoms with E-state index in [2.05, 4.69) is 6.92 Å². The van der Waals surface area contributed by atoms with E-state index in [0.717, 1.165) is 19.3 Å². The standard InChI is InChI=1S/C23H28O4/c1-3-5-12-18-23(17-4-2,21(24)26-19-13-8-6-9-14-19)22(25)27-20-15-10-7-11-16-20/h6-11,13-16H,3-5,12,17-18H2,1-2H3. The molecule has 4 nitrogen and oxygen atoms in total. The van der Waals surface area contributed by atoms with Gasteiger partial charge in [0.2, 0.25) is 0 Å². The van der Waals surface area contributed by atoms with Crippen molar-refractivity contribution in [2.24, 2.45) is 5.41 Å². The minimum absolute atomic E-state index is 0.397. The van der Waals surface area contributed by atoms with Gasteiger partial charge in [-0.1, -0.05) is 75.9 Å². The summed E-state index contributed by atoms with van der Waals surface area (Å²) < 4.78 is 11.2. The average molecular weight is 368 g/mol. The Balaban J connectivity index is 2.28. The molecule has 2 aromatic rings. The van der Waals surface area contributed by atoms with Crippen molar-refractivity contribution in [3.8, 4) is 11.5 Å². The third-order valence-electron chi connectivity index (χ3n) is 4.57. The zero-order chi connectivity index (χ0) is 19.5. The predicted octanol–water partition coefficient (Wildman–Crippen LogP) is 5.56. The summed E-state index contributed by atoms with van der Waals surface area (Å²) >= 11 is 0. The van der Waals surface area contributed by atoms with Crippen molar-refractivity contribution < 1.29 is 19.1 Å². The molecule has 0 N–H and O–H groups in total. The third kappa shape index (κ3) is 5.68.